The SMILES string of the molecule is Nc1nonc1N=Cc1cc(I)cc(I)c1O. The Hall–Kier alpha value is -0.910. The van der Waals surface area contributed by atoms with Crippen LogP contribution in [-0.2, 0) is 0 Å². The predicted molar refractivity (Wildman–Crippen MR) is 79.5 cm³/mol. The fraction of sp³-hybridized carbons (Fsp3) is 0. The van der Waals surface area contributed by atoms with Crippen molar-refractivity contribution in [3.63, 3.8) is 0 Å². The average Bonchev–Trinajstić information content (AvgIpc) is 2.67. The Morgan fingerprint density at radius 3 is 2.76 bits per heavy atom. The Morgan fingerprint density at radius 2 is 2.12 bits per heavy atom. The summed E-state index contributed by atoms with van der Waals surface area (Å²) in [5, 5.41) is 16.7. The summed E-state index contributed by atoms with van der Waals surface area (Å²) in [6, 6.07) is 3.66. The van der Waals surface area contributed by atoms with Gasteiger partial charge in [0.05, 0.1) is 3.57 Å². The Labute approximate surface area is 124 Å². The lowest BCUT2D eigenvalue weighted by Crippen LogP contribution is -1.89. The van der Waals surface area contributed by atoms with Crippen LogP contribution in [0.3, 0.4) is 0 Å². The molecule has 2 rings (SSSR count). The minimum atomic E-state index is 0.112. The van der Waals surface area contributed by atoms with Gasteiger partial charge in [0.25, 0.3) is 0 Å². The van der Waals surface area contributed by atoms with Gasteiger partial charge in [0.2, 0.25) is 11.6 Å². The van der Waals surface area contributed by atoms with Gasteiger partial charge in [-0.05, 0) is 67.6 Å². The molecule has 6 nitrogen and oxygen atoms in total. The van der Waals surface area contributed by atoms with Crippen LogP contribution < -0.4 is 5.73 Å². The molecule has 0 saturated carbocycles. The normalized spacial score (nSPS) is 11.2. The fourth-order valence-corrected chi connectivity index (χ4v) is 2.99. The predicted octanol–water partition coefficient (Wildman–Crippen LogP) is 2.32. The molecule has 0 fully saturated rings. The smallest absolute Gasteiger partial charge is 0.240 e. The molecular formula is C9H6I2N4O2. The highest BCUT2D eigenvalue weighted by atomic mass is 127. The summed E-state index contributed by atoms with van der Waals surface area (Å²) in [6.07, 6.45) is 1.47. The third-order valence-corrected chi connectivity index (χ3v) is 3.32. The lowest BCUT2D eigenvalue weighted by molar-refractivity contribution is 0.310. The van der Waals surface area contributed by atoms with Crippen molar-refractivity contribution in [1.29, 1.82) is 0 Å². The summed E-state index contributed by atoms with van der Waals surface area (Å²) in [7, 11) is 0. The van der Waals surface area contributed by atoms with E-state index in [1.54, 1.807) is 6.07 Å². The van der Waals surface area contributed by atoms with Gasteiger partial charge in [-0.25, -0.2) is 9.62 Å². The summed E-state index contributed by atoms with van der Waals surface area (Å²) in [5.74, 6) is 0.476. The number of phenols is 1. The maximum Gasteiger partial charge on any atom is 0.240 e. The van der Waals surface area contributed by atoms with E-state index in [0.29, 0.717) is 5.56 Å². The molecule has 1 aromatic heterocycles. The Morgan fingerprint density at radius 1 is 1.35 bits per heavy atom. The van der Waals surface area contributed by atoms with Crippen molar-refractivity contribution >= 4 is 63.0 Å². The number of aromatic nitrogens is 2. The topological polar surface area (TPSA) is 97.5 Å². The van der Waals surface area contributed by atoms with E-state index in [1.165, 1.54) is 6.21 Å². The molecule has 0 aliphatic carbocycles. The zero-order valence-corrected chi connectivity index (χ0v) is 12.6. The Bertz CT molecular complexity index is 582. The van der Waals surface area contributed by atoms with Gasteiger partial charge in [0.1, 0.15) is 5.75 Å². The molecule has 17 heavy (non-hydrogen) atoms. The fourth-order valence-electron chi connectivity index (χ4n) is 1.10. The number of anilines is 1. The minimum absolute atomic E-state index is 0.112. The van der Waals surface area contributed by atoms with Crippen LogP contribution in [0.2, 0.25) is 0 Å². The van der Waals surface area contributed by atoms with Crippen molar-refractivity contribution in [2.75, 3.05) is 5.73 Å². The standard InChI is InChI=1S/C9H6I2N4O2/c10-5-1-4(7(16)6(11)2-5)3-13-9-8(12)14-17-15-9/h1-3,16H,(H2,12,14). The molecular weight excluding hydrogens is 450 g/mol. The molecule has 1 heterocycles. The molecule has 0 aliphatic rings. The minimum Gasteiger partial charge on any atom is -0.506 e. The van der Waals surface area contributed by atoms with Crippen LogP contribution >= 0.6 is 45.2 Å². The monoisotopic (exact) mass is 456 g/mol. The molecule has 0 spiro atoms. The number of nitrogens with two attached hydrogens (primary N) is 1. The van der Waals surface area contributed by atoms with Crippen molar-refractivity contribution in [2.24, 2.45) is 4.99 Å². The molecule has 0 radical (unpaired) electrons. The van der Waals surface area contributed by atoms with Gasteiger partial charge in [-0.2, -0.15) is 0 Å². The molecule has 3 N–H and O–H groups in total. The van der Waals surface area contributed by atoms with Gasteiger partial charge < -0.3 is 10.8 Å². The van der Waals surface area contributed by atoms with E-state index in [2.05, 4.69) is 42.5 Å². The highest BCUT2D eigenvalue weighted by Crippen LogP contribution is 2.26. The van der Waals surface area contributed by atoms with Gasteiger partial charge in [-0.3, -0.25) is 0 Å². The molecule has 88 valence electrons. The second-order valence-electron chi connectivity index (χ2n) is 3.06. The van der Waals surface area contributed by atoms with E-state index in [4.69, 9.17) is 5.73 Å². The summed E-state index contributed by atoms with van der Waals surface area (Å²) >= 11 is 4.21. The van der Waals surface area contributed by atoms with E-state index in [0.717, 1.165) is 7.14 Å². The maximum atomic E-state index is 9.83. The first-order valence-corrected chi connectivity index (χ1v) is 6.54. The maximum absolute atomic E-state index is 9.83. The molecule has 0 bridgehead atoms. The van der Waals surface area contributed by atoms with E-state index >= 15 is 0 Å². The highest BCUT2D eigenvalue weighted by molar-refractivity contribution is 14.1. The molecule has 0 unspecified atom stereocenters. The summed E-state index contributed by atoms with van der Waals surface area (Å²) in [5.41, 5.74) is 6.04. The molecule has 1 aromatic carbocycles. The molecule has 0 atom stereocenters. The zero-order valence-electron chi connectivity index (χ0n) is 8.26. The second-order valence-corrected chi connectivity index (χ2v) is 5.46. The van der Waals surface area contributed by atoms with Crippen molar-refractivity contribution in [3.05, 3.63) is 24.8 Å². The van der Waals surface area contributed by atoms with Crippen molar-refractivity contribution in [1.82, 2.24) is 10.3 Å². The quantitative estimate of drug-likeness (QED) is 0.535. The third kappa shape index (κ3) is 2.86. The van der Waals surface area contributed by atoms with E-state index in [-0.39, 0.29) is 17.4 Å². The molecule has 0 aliphatic heterocycles. The molecule has 0 saturated heterocycles. The first kappa shape index (κ1) is 12.5. The summed E-state index contributed by atoms with van der Waals surface area (Å²) < 4.78 is 6.16. The van der Waals surface area contributed by atoms with Crippen LogP contribution in [0.5, 0.6) is 5.75 Å². The Kier molecular flexibility index (Phi) is 3.81. The number of halogens is 2. The number of aliphatic imine (C=N–C) groups is 1. The van der Waals surface area contributed by atoms with Crippen LogP contribution in [-0.4, -0.2) is 21.6 Å². The number of hydrogen-bond donors (Lipinski definition) is 2. The van der Waals surface area contributed by atoms with Crippen LogP contribution in [0.25, 0.3) is 0 Å². The summed E-state index contributed by atoms with van der Waals surface area (Å²) in [4.78, 5) is 4.00. The first-order chi connectivity index (χ1) is 8.08. The molecule has 0 amide bonds. The highest BCUT2D eigenvalue weighted by Gasteiger charge is 2.07. The second kappa shape index (κ2) is 5.16. The lowest BCUT2D eigenvalue weighted by atomic mass is 10.2. The van der Waals surface area contributed by atoms with Crippen LogP contribution in [0.4, 0.5) is 11.6 Å². The van der Waals surface area contributed by atoms with E-state index in [9.17, 15) is 5.11 Å². The third-order valence-electron chi connectivity index (χ3n) is 1.88. The van der Waals surface area contributed by atoms with Crippen LogP contribution in [0.1, 0.15) is 5.56 Å². The van der Waals surface area contributed by atoms with Crippen molar-refractivity contribution in [3.8, 4) is 5.75 Å². The number of benzene rings is 1. The largest absolute Gasteiger partial charge is 0.506 e. The number of rotatable bonds is 2. The van der Waals surface area contributed by atoms with Crippen LogP contribution in [0, 0.1) is 7.14 Å². The number of nitrogen functional groups attached to an aromatic ring is 1. The summed E-state index contributed by atoms with van der Waals surface area (Å²) in [6.45, 7) is 0. The van der Waals surface area contributed by atoms with E-state index < -0.39 is 0 Å². The number of nitrogens with zero attached hydrogens (tertiary/aromatic N) is 3. The van der Waals surface area contributed by atoms with Gasteiger partial charge in [0.15, 0.2) is 0 Å². The Balaban J connectivity index is 2.37. The van der Waals surface area contributed by atoms with Gasteiger partial charge in [0, 0.05) is 15.3 Å². The number of phenolic OH excluding ortho intramolecular Hbond substituents is 1. The molecule has 8 heteroatoms. The first-order valence-electron chi connectivity index (χ1n) is 4.38. The van der Waals surface area contributed by atoms with Gasteiger partial charge in [-0.1, -0.05) is 0 Å². The van der Waals surface area contributed by atoms with Crippen molar-refractivity contribution in [2.45, 2.75) is 0 Å². The average molecular weight is 456 g/mol. The zero-order chi connectivity index (χ0) is 12.4. The number of aromatic hydroxyl groups is 1. The van der Waals surface area contributed by atoms with Crippen molar-refractivity contribution < 1.29 is 9.74 Å². The van der Waals surface area contributed by atoms with Gasteiger partial charge in [-0.15, -0.1) is 0 Å². The number of hydrogen-bond acceptors (Lipinski definition) is 6. The lowest BCUT2D eigenvalue weighted by Gasteiger charge is -2.02. The van der Waals surface area contributed by atoms with E-state index in [1.807, 2.05) is 28.7 Å². The van der Waals surface area contributed by atoms with Gasteiger partial charge >= 0.3 is 0 Å². The van der Waals surface area contributed by atoms with Crippen LogP contribution in [0.15, 0.2) is 21.8 Å². The molecule has 2 aromatic rings.